The fourth-order valence-corrected chi connectivity index (χ4v) is 5.44. The van der Waals surface area contributed by atoms with Gasteiger partial charge in [0.15, 0.2) is 0 Å². The number of phenolic OH excluding ortho intramolecular Hbond substituents is 1. The summed E-state index contributed by atoms with van der Waals surface area (Å²) >= 11 is 0. The van der Waals surface area contributed by atoms with Gasteiger partial charge in [-0.05, 0) is 43.5 Å². The first kappa shape index (κ1) is 21.3. The molecule has 9 heteroatoms. The van der Waals surface area contributed by atoms with E-state index in [0.29, 0.717) is 39.0 Å². The van der Waals surface area contributed by atoms with E-state index in [1.807, 2.05) is 0 Å². The van der Waals surface area contributed by atoms with E-state index >= 15 is 0 Å². The van der Waals surface area contributed by atoms with Crippen LogP contribution in [0.1, 0.15) is 18.4 Å². The van der Waals surface area contributed by atoms with Gasteiger partial charge in [0.2, 0.25) is 21.8 Å². The topological polar surface area (TPSA) is 98.2 Å². The number of aryl methyl sites for hydroxylation is 1. The third-order valence-electron chi connectivity index (χ3n) is 5.61. The van der Waals surface area contributed by atoms with Crippen molar-refractivity contribution in [1.82, 2.24) is 14.1 Å². The van der Waals surface area contributed by atoms with E-state index < -0.39 is 10.0 Å². The Morgan fingerprint density at radius 2 is 1.69 bits per heavy atom. The van der Waals surface area contributed by atoms with Gasteiger partial charge < -0.3 is 14.9 Å². The van der Waals surface area contributed by atoms with Crippen molar-refractivity contribution in [3.63, 3.8) is 0 Å². The maximum atomic E-state index is 12.9. The van der Waals surface area contributed by atoms with Gasteiger partial charge in [0.1, 0.15) is 10.6 Å². The number of piperazine rings is 1. The largest absolute Gasteiger partial charge is 0.507 e. The first-order valence-electron chi connectivity index (χ1n) is 9.74. The molecule has 0 unspecified atom stereocenters. The van der Waals surface area contributed by atoms with E-state index in [4.69, 9.17) is 0 Å². The fraction of sp³-hybridized carbons (Fsp3) is 0.500. The maximum Gasteiger partial charge on any atom is 0.246 e. The summed E-state index contributed by atoms with van der Waals surface area (Å²) in [4.78, 5) is 27.8. The first-order chi connectivity index (χ1) is 13.7. The monoisotopic (exact) mass is 421 g/mol. The van der Waals surface area contributed by atoms with Crippen LogP contribution in [-0.2, 0) is 19.6 Å². The molecule has 2 heterocycles. The Hall–Kier alpha value is -2.39. The lowest BCUT2D eigenvalue weighted by Gasteiger charge is -2.38. The number of benzene rings is 1. The molecule has 0 aromatic heterocycles. The van der Waals surface area contributed by atoms with Gasteiger partial charge in [-0.3, -0.25) is 9.59 Å². The number of carbonyl (C=O) groups is 2. The molecule has 0 spiro atoms. The lowest BCUT2D eigenvalue weighted by molar-refractivity contribution is -0.140. The average molecular weight is 422 g/mol. The van der Waals surface area contributed by atoms with Crippen LogP contribution in [0.4, 0.5) is 0 Å². The number of phenols is 1. The molecule has 2 aliphatic rings. The third-order valence-corrected chi connectivity index (χ3v) is 7.54. The van der Waals surface area contributed by atoms with Crippen molar-refractivity contribution in [3.05, 3.63) is 36.4 Å². The molecule has 2 aliphatic heterocycles. The minimum absolute atomic E-state index is 0.0196. The van der Waals surface area contributed by atoms with Crippen LogP contribution in [0.3, 0.4) is 0 Å². The van der Waals surface area contributed by atoms with Crippen molar-refractivity contribution in [3.8, 4) is 5.75 Å². The molecule has 1 N–H and O–H groups in total. The predicted octanol–water partition coefficient (Wildman–Crippen LogP) is 0.958. The minimum Gasteiger partial charge on any atom is -0.507 e. The molecule has 0 saturated carbocycles. The van der Waals surface area contributed by atoms with Crippen LogP contribution in [0.25, 0.3) is 0 Å². The second kappa shape index (κ2) is 8.54. The normalized spacial score (nSPS) is 19.2. The highest BCUT2D eigenvalue weighted by Gasteiger charge is 2.35. The summed E-state index contributed by atoms with van der Waals surface area (Å²) in [6.07, 6.45) is 2.50. The number of aromatic hydroxyl groups is 1. The summed E-state index contributed by atoms with van der Waals surface area (Å²) in [7, 11) is -3.82. The molecule has 2 saturated heterocycles. The van der Waals surface area contributed by atoms with Gasteiger partial charge in [0.05, 0.1) is 0 Å². The van der Waals surface area contributed by atoms with Gasteiger partial charge in [-0.15, -0.1) is 0 Å². The molecule has 1 aromatic rings. The van der Waals surface area contributed by atoms with E-state index in [1.165, 1.54) is 22.5 Å². The summed E-state index contributed by atoms with van der Waals surface area (Å²) in [6, 6.07) is 4.49. The molecule has 0 aliphatic carbocycles. The lowest BCUT2D eigenvalue weighted by atomic mass is 9.95. The number of piperidine rings is 1. The van der Waals surface area contributed by atoms with Gasteiger partial charge >= 0.3 is 0 Å². The second-order valence-corrected chi connectivity index (χ2v) is 9.41. The molecule has 0 bridgehead atoms. The summed E-state index contributed by atoms with van der Waals surface area (Å²) in [5.41, 5.74) is 0.747. The molecule has 158 valence electrons. The summed E-state index contributed by atoms with van der Waals surface area (Å²) in [5.74, 6) is -0.511. The quantitative estimate of drug-likeness (QED) is 0.730. The zero-order valence-corrected chi connectivity index (χ0v) is 17.4. The number of sulfonamides is 1. The van der Waals surface area contributed by atoms with Crippen LogP contribution in [0.5, 0.6) is 5.75 Å². The molecule has 2 amide bonds. The zero-order chi connectivity index (χ0) is 21.2. The second-order valence-electron chi connectivity index (χ2n) is 7.50. The number of amides is 2. The van der Waals surface area contributed by atoms with Crippen molar-refractivity contribution < 1.29 is 23.1 Å². The standard InChI is InChI=1S/C20H27N3O5S/c1-3-19(25)21-8-6-16(7-9-21)20(26)22-10-12-23(13-11-22)29(27,28)18-14-15(2)4-5-17(18)24/h3-5,14,16,24H,1,6-13H2,2H3. The summed E-state index contributed by atoms with van der Waals surface area (Å²) in [5, 5.41) is 9.99. The van der Waals surface area contributed by atoms with E-state index in [9.17, 15) is 23.1 Å². The molecule has 1 aromatic carbocycles. The van der Waals surface area contributed by atoms with Crippen molar-refractivity contribution in [2.45, 2.75) is 24.7 Å². The smallest absolute Gasteiger partial charge is 0.246 e. The van der Waals surface area contributed by atoms with Crippen molar-refractivity contribution in [2.24, 2.45) is 5.92 Å². The zero-order valence-electron chi connectivity index (χ0n) is 16.6. The first-order valence-corrected chi connectivity index (χ1v) is 11.2. The molecule has 0 atom stereocenters. The Bertz CT molecular complexity index is 899. The summed E-state index contributed by atoms with van der Waals surface area (Å²) in [6.45, 7) is 7.32. The van der Waals surface area contributed by atoms with Crippen LogP contribution >= 0.6 is 0 Å². The number of likely N-dealkylation sites (tertiary alicyclic amines) is 1. The average Bonchev–Trinajstić information content (AvgIpc) is 2.74. The molecule has 0 radical (unpaired) electrons. The minimum atomic E-state index is -3.82. The lowest BCUT2D eigenvalue weighted by Crippen LogP contribution is -2.53. The van der Waals surface area contributed by atoms with Gasteiger partial charge in [-0.25, -0.2) is 8.42 Å². The molecule has 2 fully saturated rings. The molecular formula is C20H27N3O5S. The Morgan fingerprint density at radius 3 is 2.28 bits per heavy atom. The van der Waals surface area contributed by atoms with Crippen LogP contribution in [0, 0.1) is 12.8 Å². The maximum absolute atomic E-state index is 12.9. The highest BCUT2D eigenvalue weighted by molar-refractivity contribution is 7.89. The number of rotatable bonds is 4. The predicted molar refractivity (Wildman–Crippen MR) is 108 cm³/mol. The molecule has 8 nitrogen and oxygen atoms in total. The Morgan fingerprint density at radius 1 is 1.07 bits per heavy atom. The molecular weight excluding hydrogens is 394 g/mol. The van der Waals surface area contributed by atoms with E-state index in [0.717, 1.165) is 5.56 Å². The molecule has 29 heavy (non-hydrogen) atoms. The Labute approximate surface area is 171 Å². The highest BCUT2D eigenvalue weighted by Crippen LogP contribution is 2.28. The molecule has 3 rings (SSSR count). The number of hydrogen-bond acceptors (Lipinski definition) is 5. The van der Waals surface area contributed by atoms with Crippen LogP contribution in [0.15, 0.2) is 35.7 Å². The number of nitrogens with zero attached hydrogens (tertiary/aromatic N) is 3. The fourth-order valence-electron chi connectivity index (χ4n) is 3.85. The number of hydrogen-bond donors (Lipinski definition) is 1. The van der Waals surface area contributed by atoms with Crippen LogP contribution in [0.2, 0.25) is 0 Å². The SMILES string of the molecule is C=CC(=O)N1CCC(C(=O)N2CCN(S(=O)(=O)c3cc(C)ccc3O)CC2)CC1. The Kier molecular flexibility index (Phi) is 6.28. The van der Waals surface area contributed by atoms with Gasteiger partial charge in [-0.1, -0.05) is 12.6 Å². The van der Waals surface area contributed by atoms with Gasteiger partial charge in [0, 0.05) is 45.2 Å². The van der Waals surface area contributed by atoms with Gasteiger partial charge in [0.25, 0.3) is 0 Å². The van der Waals surface area contributed by atoms with Crippen molar-refractivity contribution in [2.75, 3.05) is 39.3 Å². The third kappa shape index (κ3) is 4.45. The van der Waals surface area contributed by atoms with Crippen molar-refractivity contribution in [1.29, 1.82) is 0 Å². The van der Waals surface area contributed by atoms with Crippen LogP contribution < -0.4 is 0 Å². The van der Waals surface area contributed by atoms with Crippen molar-refractivity contribution >= 4 is 21.8 Å². The van der Waals surface area contributed by atoms with E-state index in [1.54, 1.807) is 22.8 Å². The van der Waals surface area contributed by atoms with Crippen LogP contribution in [-0.4, -0.2) is 78.7 Å². The summed E-state index contributed by atoms with van der Waals surface area (Å²) < 4.78 is 27.1. The Balaban J connectivity index is 1.59. The van der Waals surface area contributed by atoms with Gasteiger partial charge in [-0.2, -0.15) is 4.31 Å². The van der Waals surface area contributed by atoms with E-state index in [-0.39, 0.29) is 41.5 Å². The number of carbonyl (C=O) groups excluding carboxylic acids is 2. The highest BCUT2D eigenvalue weighted by atomic mass is 32.2. The van der Waals surface area contributed by atoms with E-state index in [2.05, 4.69) is 6.58 Å².